The Bertz CT molecular complexity index is 630. The van der Waals surface area contributed by atoms with Gasteiger partial charge in [-0.05, 0) is 43.1 Å². The SMILES string of the molecule is CN(Cc1ccccc1)Cc1ccc(C(=O)N2CCCC2)cc1. The number of carbonyl (C=O) groups excluding carboxylic acids is 1. The Kier molecular flexibility index (Phi) is 5.09. The van der Waals surface area contributed by atoms with Crippen molar-refractivity contribution in [1.29, 1.82) is 0 Å². The van der Waals surface area contributed by atoms with Gasteiger partial charge in [-0.1, -0.05) is 42.5 Å². The molecule has 1 aliphatic heterocycles. The van der Waals surface area contributed by atoms with Crippen molar-refractivity contribution in [3.05, 3.63) is 71.3 Å². The van der Waals surface area contributed by atoms with E-state index in [0.29, 0.717) is 0 Å². The standard InChI is InChI=1S/C20H24N2O/c1-21(15-17-7-3-2-4-8-17)16-18-9-11-19(12-10-18)20(23)22-13-5-6-14-22/h2-4,7-12H,5-6,13-16H2,1H3. The second-order valence-corrected chi connectivity index (χ2v) is 6.35. The van der Waals surface area contributed by atoms with Gasteiger partial charge in [-0.3, -0.25) is 9.69 Å². The van der Waals surface area contributed by atoms with Crippen molar-refractivity contribution in [3.63, 3.8) is 0 Å². The molecule has 0 saturated carbocycles. The van der Waals surface area contributed by atoms with Gasteiger partial charge in [0.05, 0.1) is 0 Å². The van der Waals surface area contributed by atoms with Crippen LogP contribution < -0.4 is 0 Å². The second kappa shape index (κ2) is 7.42. The van der Waals surface area contributed by atoms with E-state index in [-0.39, 0.29) is 5.91 Å². The Morgan fingerprint density at radius 2 is 1.48 bits per heavy atom. The van der Waals surface area contributed by atoms with Crippen LogP contribution in [0.1, 0.15) is 34.3 Å². The Labute approximate surface area is 138 Å². The Morgan fingerprint density at radius 3 is 2.09 bits per heavy atom. The van der Waals surface area contributed by atoms with Gasteiger partial charge in [0.25, 0.3) is 5.91 Å². The predicted molar refractivity (Wildman–Crippen MR) is 93.2 cm³/mol. The molecule has 2 aromatic carbocycles. The molecule has 0 bridgehead atoms. The first-order valence-electron chi connectivity index (χ1n) is 8.33. The van der Waals surface area contributed by atoms with Gasteiger partial charge >= 0.3 is 0 Å². The first-order chi connectivity index (χ1) is 11.2. The van der Waals surface area contributed by atoms with Gasteiger partial charge in [-0.2, -0.15) is 0 Å². The maximum atomic E-state index is 12.3. The molecule has 0 aromatic heterocycles. The summed E-state index contributed by atoms with van der Waals surface area (Å²) in [5, 5.41) is 0. The van der Waals surface area contributed by atoms with Crippen molar-refractivity contribution in [2.45, 2.75) is 25.9 Å². The maximum Gasteiger partial charge on any atom is 0.253 e. The summed E-state index contributed by atoms with van der Waals surface area (Å²) in [6.45, 7) is 3.61. The second-order valence-electron chi connectivity index (χ2n) is 6.35. The summed E-state index contributed by atoms with van der Waals surface area (Å²) < 4.78 is 0. The zero-order valence-corrected chi connectivity index (χ0v) is 13.7. The van der Waals surface area contributed by atoms with Crippen molar-refractivity contribution >= 4 is 5.91 Å². The van der Waals surface area contributed by atoms with Gasteiger partial charge in [0.15, 0.2) is 0 Å². The Balaban J connectivity index is 1.57. The number of hydrogen-bond acceptors (Lipinski definition) is 2. The highest BCUT2D eigenvalue weighted by atomic mass is 16.2. The molecule has 0 atom stereocenters. The van der Waals surface area contributed by atoms with E-state index in [9.17, 15) is 4.79 Å². The summed E-state index contributed by atoms with van der Waals surface area (Å²) in [5.74, 6) is 0.173. The third-order valence-electron chi connectivity index (χ3n) is 4.34. The predicted octanol–water partition coefficient (Wildman–Crippen LogP) is 3.55. The lowest BCUT2D eigenvalue weighted by molar-refractivity contribution is 0.0793. The van der Waals surface area contributed by atoms with Gasteiger partial charge in [0.2, 0.25) is 0 Å². The summed E-state index contributed by atoms with van der Waals surface area (Å²) in [6.07, 6.45) is 2.27. The van der Waals surface area contributed by atoms with Crippen molar-refractivity contribution in [2.24, 2.45) is 0 Å². The van der Waals surface area contributed by atoms with Gasteiger partial charge in [0, 0.05) is 31.7 Å². The van der Waals surface area contributed by atoms with Crippen molar-refractivity contribution in [3.8, 4) is 0 Å². The zero-order valence-electron chi connectivity index (χ0n) is 13.7. The van der Waals surface area contributed by atoms with Crippen LogP contribution in [0.25, 0.3) is 0 Å². The molecular weight excluding hydrogens is 284 g/mol. The fraction of sp³-hybridized carbons (Fsp3) is 0.350. The van der Waals surface area contributed by atoms with E-state index in [1.54, 1.807) is 0 Å². The molecule has 1 saturated heterocycles. The number of amides is 1. The number of nitrogens with zero attached hydrogens (tertiary/aromatic N) is 2. The van der Waals surface area contributed by atoms with Crippen LogP contribution in [0.2, 0.25) is 0 Å². The lowest BCUT2D eigenvalue weighted by Gasteiger charge is -2.18. The fourth-order valence-electron chi connectivity index (χ4n) is 3.12. The van der Waals surface area contributed by atoms with Crippen molar-refractivity contribution < 1.29 is 4.79 Å². The number of hydrogen-bond donors (Lipinski definition) is 0. The van der Waals surface area contributed by atoms with E-state index in [0.717, 1.165) is 44.6 Å². The van der Waals surface area contributed by atoms with E-state index in [1.807, 2.05) is 23.1 Å². The molecule has 0 unspecified atom stereocenters. The van der Waals surface area contributed by atoms with Crippen molar-refractivity contribution in [2.75, 3.05) is 20.1 Å². The number of likely N-dealkylation sites (tertiary alicyclic amines) is 1. The van der Waals surface area contributed by atoms with Gasteiger partial charge in [-0.25, -0.2) is 0 Å². The topological polar surface area (TPSA) is 23.6 Å². The summed E-state index contributed by atoms with van der Waals surface area (Å²) in [6, 6.07) is 18.6. The van der Waals surface area contributed by atoms with Gasteiger partial charge in [-0.15, -0.1) is 0 Å². The molecule has 3 heteroatoms. The van der Waals surface area contributed by atoms with Crippen LogP contribution in [0.3, 0.4) is 0 Å². The first-order valence-corrected chi connectivity index (χ1v) is 8.33. The summed E-state index contributed by atoms with van der Waals surface area (Å²) in [5.41, 5.74) is 3.36. The van der Waals surface area contributed by atoms with Crippen LogP contribution in [0, 0.1) is 0 Å². The van der Waals surface area contributed by atoms with Crippen LogP contribution in [0.4, 0.5) is 0 Å². The molecule has 0 aliphatic carbocycles. The number of rotatable bonds is 5. The zero-order chi connectivity index (χ0) is 16.1. The molecule has 0 N–H and O–H groups in total. The molecule has 0 radical (unpaired) electrons. The molecule has 3 rings (SSSR count). The molecule has 1 fully saturated rings. The highest BCUT2D eigenvalue weighted by Crippen LogP contribution is 2.14. The van der Waals surface area contributed by atoms with E-state index in [4.69, 9.17) is 0 Å². The molecule has 0 spiro atoms. The molecular formula is C20H24N2O. The minimum absolute atomic E-state index is 0.173. The third kappa shape index (κ3) is 4.20. The largest absolute Gasteiger partial charge is 0.339 e. The highest BCUT2D eigenvalue weighted by molar-refractivity contribution is 5.94. The minimum Gasteiger partial charge on any atom is -0.339 e. The van der Waals surface area contributed by atoms with Gasteiger partial charge in [0.1, 0.15) is 0 Å². The Morgan fingerprint density at radius 1 is 0.913 bits per heavy atom. The monoisotopic (exact) mass is 308 g/mol. The van der Waals surface area contributed by atoms with Crippen molar-refractivity contribution in [1.82, 2.24) is 9.80 Å². The minimum atomic E-state index is 0.173. The first kappa shape index (κ1) is 15.8. The fourth-order valence-corrected chi connectivity index (χ4v) is 3.12. The van der Waals surface area contributed by atoms with Gasteiger partial charge < -0.3 is 4.90 Å². The lowest BCUT2D eigenvalue weighted by Crippen LogP contribution is -2.27. The van der Waals surface area contributed by atoms with Crippen LogP contribution in [-0.2, 0) is 13.1 Å². The summed E-state index contributed by atoms with van der Waals surface area (Å²) in [7, 11) is 2.12. The Hall–Kier alpha value is -2.13. The van der Waals surface area contributed by atoms with Crippen LogP contribution in [0.15, 0.2) is 54.6 Å². The molecule has 1 aliphatic rings. The average Bonchev–Trinajstić information content (AvgIpc) is 3.10. The van der Waals surface area contributed by atoms with E-state index >= 15 is 0 Å². The molecule has 1 amide bonds. The van der Waals surface area contributed by atoms with Crippen LogP contribution in [0.5, 0.6) is 0 Å². The quantitative estimate of drug-likeness (QED) is 0.843. The molecule has 2 aromatic rings. The highest BCUT2D eigenvalue weighted by Gasteiger charge is 2.19. The third-order valence-corrected chi connectivity index (χ3v) is 4.34. The summed E-state index contributed by atoms with van der Waals surface area (Å²) >= 11 is 0. The normalized spacial score (nSPS) is 14.4. The molecule has 23 heavy (non-hydrogen) atoms. The molecule has 120 valence electrons. The lowest BCUT2D eigenvalue weighted by atomic mass is 10.1. The van der Waals surface area contributed by atoms with Crippen LogP contribution in [-0.4, -0.2) is 35.8 Å². The van der Waals surface area contributed by atoms with Crippen LogP contribution >= 0.6 is 0 Å². The van der Waals surface area contributed by atoms with E-state index in [2.05, 4.69) is 48.3 Å². The van der Waals surface area contributed by atoms with E-state index in [1.165, 1.54) is 11.1 Å². The number of benzene rings is 2. The number of carbonyl (C=O) groups is 1. The van der Waals surface area contributed by atoms with E-state index < -0.39 is 0 Å². The average molecular weight is 308 g/mol. The molecule has 3 nitrogen and oxygen atoms in total. The maximum absolute atomic E-state index is 12.3. The molecule has 1 heterocycles. The smallest absolute Gasteiger partial charge is 0.253 e. The summed E-state index contributed by atoms with van der Waals surface area (Å²) in [4.78, 5) is 16.6.